The van der Waals surface area contributed by atoms with Crippen LogP contribution in [0.1, 0.15) is 373 Å². The number of esters is 1. The van der Waals surface area contributed by atoms with Gasteiger partial charge >= 0.3 is 5.97 Å². The van der Waals surface area contributed by atoms with Crippen LogP contribution in [0.2, 0.25) is 0 Å². The molecule has 438 valence electrons. The van der Waals surface area contributed by atoms with E-state index in [0.717, 1.165) is 44.9 Å². The molecule has 0 rings (SSSR count). The van der Waals surface area contributed by atoms with Crippen molar-refractivity contribution in [2.24, 2.45) is 0 Å². The van der Waals surface area contributed by atoms with Gasteiger partial charge in [-0.3, -0.25) is 9.59 Å². The molecule has 0 aromatic rings. The largest absolute Gasteiger partial charge is 0.466 e. The first-order chi connectivity index (χ1) is 36.5. The molecule has 0 saturated heterocycles. The Morgan fingerprint density at radius 2 is 0.635 bits per heavy atom. The van der Waals surface area contributed by atoms with Gasteiger partial charge in [-0.1, -0.05) is 327 Å². The molecule has 0 bridgehead atoms. The number of aliphatic hydroxyl groups excluding tert-OH is 2. The Morgan fingerprint density at radius 3 is 0.959 bits per heavy atom. The van der Waals surface area contributed by atoms with Crippen molar-refractivity contribution in [1.82, 2.24) is 5.32 Å². The van der Waals surface area contributed by atoms with E-state index < -0.39 is 12.1 Å². The molecule has 6 heteroatoms. The Bertz CT molecular complexity index is 1150. The number of carbonyl (C=O) groups excluding carboxylic acids is 2. The van der Waals surface area contributed by atoms with Gasteiger partial charge in [-0.15, -0.1) is 0 Å². The molecule has 2 atom stereocenters. The molecule has 2 unspecified atom stereocenters. The van der Waals surface area contributed by atoms with Gasteiger partial charge in [-0.25, -0.2) is 0 Å². The highest BCUT2D eigenvalue weighted by molar-refractivity contribution is 5.76. The Morgan fingerprint density at radius 1 is 0.365 bits per heavy atom. The van der Waals surface area contributed by atoms with Crippen molar-refractivity contribution in [3.8, 4) is 0 Å². The lowest BCUT2D eigenvalue weighted by atomic mass is 10.0. The Hall–Kier alpha value is -1.66. The number of ether oxygens (including phenoxy) is 1. The summed E-state index contributed by atoms with van der Waals surface area (Å²) >= 11 is 0. The zero-order valence-corrected chi connectivity index (χ0v) is 50.1. The fraction of sp³-hybridized carbons (Fsp3) is 0.912. The zero-order chi connectivity index (χ0) is 53.6. The van der Waals surface area contributed by atoms with E-state index in [0.29, 0.717) is 19.4 Å². The molecule has 0 spiro atoms. The van der Waals surface area contributed by atoms with Crippen LogP contribution in [0.25, 0.3) is 0 Å². The van der Waals surface area contributed by atoms with Crippen molar-refractivity contribution in [1.29, 1.82) is 0 Å². The van der Waals surface area contributed by atoms with Gasteiger partial charge in [0.1, 0.15) is 0 Å². The minimum absolute atomic E-state index is 0.0130. The lowest BCUT2D eigenvalue weighted by Crippen LogP contribution is -2.45. The zero-order valence-electron chi connectivity index (χ0n) is 50.1. The molecule has 0 aliphatic rings. The van der Waals surface area contributed by atoms with Crippen molar-refractivity contribution < 1.29 is 24.5 Å². The first kappa shape index (κ1) is 72.3. The summed E-state index contributed by atoms with van der Waals surface area (Å²) in [5, 5.41) is 23.2. The van der Waals surface area contributed by atoms with Gasteiger partial charge in [0.15, 0.2) is 0 Å². The lowest BCUT2D eigenvalue weighted by molar-refractivity contribution is -0.143. The SMILES string of the molecule is CCCCCCCCCCCCCCCCCCCC/C=C/C(O)C(CO)NC(=O)CCCCCCCCC/C=C\CCCCCCCCCCCCCOC(=O)CCCCCCCCCCCCCCCCC. The van der Waals surface area contributed by atoms with Crippen molar-refractivity contribution in [2.75, 3.05) is 13.2 Å². The van der Waals surface area contributed by atoms with Gasteiger partial charge in [0, 0.05) is 12.8 Å². The predicted molar refractivity (Wildman–Crippen MR) is 324 cm³/mol. The molecule has 0 radical (unpaired) electrons. The summed E-state index contributed by atoms with van der Waals surface area (Å²) in [4.78, 5) is 24.6. The minimum Gasteiger partial charge on any atom is -0.466 e. The second kappa shape index (κ2) is 63.9. The third-order valence-corrected chi connectivity index (χ3v) is 15.7. The monoisotopic (exact) mass is 1040 g/mol. The van der Waals surface area contributed by atoms with Gasteiger partial charge in [0.05, 0.1) is 25.4 Å². The molecule has 0 aliphatic heterocycles. The van der Waals surface area contributed by atoms with Crippen LogP contribution in [0.15, 0.2) is 24.3 Å². The van der Waals surface area contributed by atoms with Gasteiger partial charge < -0.3 is 20.3 Å². The van der Waals surface area contributed by atoms with Gasteiger partial charge in [0.25, 0.3) is 0 Å². The molecule has 6 nitrogen and oxygen atoms in total. The van der Waals surface area contributed by atoms with Crippen molar-refractivity contribution in [3.63, 3.8) is 0 Å². The number of allylic oxidation sites excluding steroid dienone is 3. The minimum atomic E-state index is -0.849. The standard InChI is InChI=1S/C68H131NO5/c1-3-5-7-9-11-13-15-17-19-20-21-26-29-33-36-40-44-48-52-56-60-66(71)65(64-70)69-67(72)61-57-53-49-45-41-37-34-30-27-24-22-23-25-28-31-35-39-43-47-51-55-59-63-74-68(73)62-58-54-50-46-42-38-32-18-16-14-12-10-8-6-4-2/h24,27,56,60,65-66,70-71H,3-23,25-26,28-55,57-59,61-64H2,1-2H3,(H,69,72)/b27-24-,60-56+. The number of amides is 1. The van der Waals surface area contributed by atoms with Crippen LogP contribution in [0.4, 0.5) is 0 Å². The average Bonchev–Trinajstić information content (AvgIpc) is 3.40. The molecule has 0 fully saturated rings. The highest BCUT2D eigenvalue weighted by Gasteiger charge is 2.18. The fourth-order valence-electron chi connectivity index (χ4n) is 10.6. The van der Waals surface area contributed by atoms with E-state index in [1.165, 1.54) is 302 Å². The van der Waals surface area contributed by atoms with Crippen LogP contribution in [0.5, 0.6) is 0 Å². The second-order valence-corrected chi connectivity index (χ2v) is 23.2. The number of aliphatic hydroxyl groups is 2. The summed E-state index contributed by atoms with van der Waals surface area (Å²) in [5.41, 5.74) is 0. The highest BCUT2D eigenvalue weighted by Crippen LogP contribution is 2.18. The van der Waals surface area contributed by atoms with Crippen molar-refractivity contribution in [2.45, 2.75) is 386 Å². The summed E-state index contributed by atoms with van der Waals surface area (Å²) in [6.07, 6.45) is 79.5. The van der Waals surface area contributed by atoms with E-state index in [1.807, 2.05) is 6.08 Å². The summed E-state index contributed by atoms with van der Waals surface area (Å²) in [6, 6.07) is -0.633. The summed E-state index contributed by atoms with van der Waals surface area (Å²) in [5.74, 6) is -0.0586. The normalized spacial score (nSPS) is 12.6. The van der Waals surface area contributed by atoms with Crippen LogP contribution in [-0.4, -0.2) is 47.4 Å². The topological polar surface area (TPSA) is 95.9 Å². The number of rotatable bonds is 63. The predicted octanol–water partition coefficient (Wildman–Crippen LogP) is 21.4. The first-order valence-electron chi connectivity index (χ1n) is 33.6. The summed E-state index contributed by atoms with van der Waals surface area (Å²) in [7, 11) is 0. The molecule has 0 saturated carbocycles. The number of hydrogen-bond donors (Lipinski definition) is 3. The molecular weight excluding hydrogens is 911 g/mol. The van der Waals surface area contributed by atoms with Gasteiger partial charge in [0.2, 0.25) is 5.91 Å². The Kier molecular flexibility index (Phi) is 62.4. The van der Waals surface area contributed by atoms with Crippen LogP contribution in [-0.2, 0) is 14.3 Å². The summed E-state index contributed by atoms with van der Waals surface area (Å²) < 4.78 is 5.49. The number of hydrogen-bond acceptors (Lipinski definition) is 5. The van der Waals surface area contributed by atoms with E-state index in [2.05, 4.69) is 31.3 Å². The molecular formula is C68H131NO5. The van der Waals surface area contributed by atoms with Crippen molar-refractivity contribution >= 4 is 11.9 Å². The van der Waals surface area contributed by atoms with E-state index >= 15 is 0 Å². The first-order valence-corrected chi connectivity index (χ1v) is 33.6. The maximum absolute atomic E-state index is 12.5. The molecule has 0 aromatic carbocycles. The maximum atomic E-state index is 12.5. The lowest BCUT2D eigenvalue weighted by Gasteiger charge is -2.20. The number of nitrogens with one attached hydrogen (secondary N) is 1. The maximum Gasteiger partial charge on any atom is 0.305 e. The molecule has 1 amide bonds. The number of carbonyl (C=O) groups is 2. The van der Waals surface area contributed by atoms with E-state index in [-0.39, 0.29) is 18.5 Å². The third-order valence-electron chi connectivity index (χ3n) is 15.7. The second-order valence-electron chi connectivity index (χ2n) is 23.2. The molecule has 74 heavy (non-hydrogen) atoms. The average molecular weight is 1040 g/mol. The van der Waals surface area contributed by atoms with Gasteiger partial charge in [-0.2, -0.15) is 0 Å². The van der Waals surface area contributed by atoms with Crippen LogP contribution < -0.4 is 5.32 Å². The fourth-order valence-corrected chi connectivity index (χ4v) is 10.6. The van der Waals surface area contributed by atoms with E-state index in [9.17, 15) is 19.8 Å². The van der Waals surface area contributed by atoms with Crippen LogP contribution in [0, 0.1) is 0 Å². The van der Waals surface area contributed by atoms with Crippen LogP contribution >= 0.6 is 0 Å². The molecule has 3 N–H and O–H groups in total. The third kappa shape index (κ3) is 59.6. The molecule has 0 aromatic heterocycles. The smallest absolute Gasteiger partial charge is 0.305 e. The summed E-state index contributed by atoms with van der Waals surface area (Å²) in [6.45, 7) is 4.93. The molecule has 0 heterocycles. The number of unbranched alkanes of at least 4 members (excludes halogenated alkanes) is 50. The van der Waals surface area contributed by atoms with Crippen molar-refractivity contribution in [3.05, 3.63) is 24.3 Å². The van der Waals surface area contributed by atoms with E-state index in [4.69, 9.17) is 4.74 Å². The Labute approximate surface area is 462 Å². The highest BCUT2D eigenvalue weighted by atomic mass is 16.5. The van der Waals surface area contributed by atoms with Crippen LogP contribution in [0.3, 0.4) is 0 Å². The van der Waals surface area contributed by atoms with E-state index in [1.54, 1.807) is 6.08 Å². The van der Waals surface area contributed by atoms with Gasteiger partial charge in [-0.05, 0) is 57.8 Å². The molecule has 0 aliphatic carbocycles. The quantitative estimate of drug-likeness (QED) is 0.0320. The Balaban J connectivity index is 3.43.